The van der Waals surface area contributed by atoms with Crippen molar-refractivity contribution in [2.45, 2.75) is 110 Å². The second kappa shape index (κ2) is 28.2. The smallest absolute Gasteiger partial charge is 0.219 e. The third kappa shape index (κ3) is 30.6. The molecule has 2 unspecified atom stereocenters. The molecule has 1 aromatic carbocycles. The molecule has 218 valence electrons. The summed E-state index contributed by atoms with van der Waals surface area (Å²) in [5, 5.41) is 3.25. The molecule has 1 heterocycles. The normalized spacial score (nSPS) is 17.6. The Morgan fingerprint density at radius 1 is 0.972 bits per heavy atom. The highest BCUT2D eigenvalue weighted by molar-refractivity contribution is 5.73. The van der Waals surface area contributed by atoms with Crippen molar-refractivity contribution < 1.29 is 9.53 Å². The largest absolute Gasteiger partial charge is 0.388 e. The fraction of sp³-hybridized carbons (Fsp3) is 0.781. The van der Waals surface area contributed by atoms with Crippen molar-refractivity contribution in [2.75, 3.05) is 40.9 Å². The van der Waals surface area contributed by atoms with Gasteiger partial charge < -0.3 is 15.0 Å². The predicted octanol–water partition coefficient (Wildman–Crippen LogP) is 8.80. The number of hydrogen-bond donors (Lipinski definition) is 1. The quantitative estimate of drug-likeness (QED) is 0.430. The van der Waals surface area contributed by atoms with Crippen LogP contribution in [0.4, 0.5) is 0 Å². The Kier molecular flexibility index (Phi) is 34.9. The fourth-order valence-electron chi connectivity index (χ4n) is 2.87. The lowest BCUT2D eigenvalue weighted by Gasteiger charge is -2.44. The monoisotopic (exact) mass is 513 g/mol. The van der Waals surface area contributed by atoms with Gasteiger partial charge >= 0.3 is 0 Å². The summed E-state index contributed by atoms with van der Waals surface area (Å²) >= 11 is 0. The van der Waals surface area contributed by atoms with Gasteiger partial charge in [0.05, 0.1) is 0 Å². The van der Waals surface area contributed by atoms with Crippen molar-refractivity contribution in [2.24, 2.45) is 16.7 Å². The van der Waals surface area contributed by atoms with E-state index in [1.54, 1.807) is 21.1 Å². The molecule has 0 radical (unpaired) electrons. The molecule has 36 heavy (non-hydrogen) atoms. The third-order valence-electron chi connectivity index (χ3n) is 4.88. The lowest BCUT2D eigenvalue weighted by molar-refractivity contribution is -0.132. The number of carbonyl (C=O) groups excluding carboxylic acids is 1. The molecule has 0 aromatic heterocycles. The molecule has 0 spiro atoms. The van der Waals surface area contributed by atoms with E-state index in [1.165, 1.54) is 11.1 Å². The summed E-state index contributed by atoms with van der Waals surface area (Å²) in [4.78, 5) is 13.2. The van der Waals surface area contributed by atoms with Crippen LogP contribution in [0.25, 0.3) is 0 Å². The molecule has 0 saturated carbocycles. The maximum Gasteiger partial charge on any atom is 0.219 e. The van der Waals surface area contributed by atoms with E-state index in [-0.39, 0.29) is 5.91 Å². The molecule has 0 bridgehead atoms. The molecule has 0 aliphatic carbocycles. The van der Waals surface area contributed by atoms with Crippen molar-refractivity contribution >= 4 is 5.91 Å². The molecular formula is C32H68N2O2. The standard InChI is InChI=1S/C11H22N2O.C8H10.C5H12.C2H6O.3C2H6/c1-9-7-13(10(2)14)6-5-11(9,3)8-12-4;1-7-3-5-8(2)6-4-7;1-5(2,3)4;1-3-2;3*1-2/h9,12H,5-8H2,1-4H3;3-6H,1-2H3;1-4H3;1-2H3;3*1-2H3. The summed E-state index contributed by atoms with van der Waals surface area (Å²) in [6.45, 7) is 34.0. The molecule has 1 amide bonds. The highest BCUT2D eigenvalue weighted by atomic mass is 16.4. The third-order valence-corrected chi connectivity index (χ3v) is 4.88. The minimum atomic E-state index is 0.211. The zero-order valence-electron chi connectivity index (χ0n) is 28.0. The topological polar surface area (TPSA) is 41.6 Å². The number of rotatable bonds is 2. The van der Waals surface area contributed by atoms with Crippen LogP contribution in [0.3, 0.4) is 0 Å². The highest BCUT2D eigenvalue weighted by Gasteiger charge is 2.36. The molecule has 1 aliphatic rings. The number of hydrogen-bond acceptors (Lipinski definition) is 3. The van der Waals surface area contributed by atoms with Crippen LogP contribution in [0.2, 0.25) is 0 Å². The highest BCUT2D eigenvalue weighted by Crippen LogP contribution is 2.35. The molecule has 2 atom stereocenters. The Morgan fingerprint density at radius 2 is 1.28 bits per heavy atom. The summed E-state index contributed by atoms with van der Waals surface area (Å²) in [6.07, 6.45) is 1.11. The average Bonchev–Trinajstić information content (AvgIpc) is 2.82. The van der Waals surface area contributed by atoms with E-state index in [4.69, 9.17) is 0 Å². The van der Waals surface area contributed by atoms with Crippen LogP contribution in [0.5, 0.6) is 0 Å². The molecular weight excluding hydrogens is 444 g/mol. The maximum atomic E-state index is 11.2. The minimum Gasteiger partial charge on any atom is -0.388 e. The van der Waals surface area contributed by atoms with Gasteiger partial charge in [-0.1, -0.05) is 118 Å². The van der Waals surface area contributed by atoms with Gasteiger partial charge in [0, 0.05) is 40.8 Å². The Hall–Kier alpha value is -1.39. The van der Waals surface area contributed by atoms with E-state index in [0.717, 1.165) is 26.1 Å². The zero-order chi connectivity index (χ0) is 30.0. The first-order chi connectivity index (χ1) is 16.7. The molecule has 1 aromatic rings. The van der Waals surface area contributed by atoms with E-state index >= 15 is 0 Å². The Balaban J connectivity index is -0.000000124. The summed E-state index contributed by atoms with van der Waals surface area (Å²) in [5.74, 6) is 0.788. The summed E-state index contributed by atoms with van der Waals surface area (Å²) in [5.41, 5.74) is 3.51. The van der Waals surface area contributed by atoms with Gasteiger partial charge in [0.1, 0.15) is 0 Å². The van der Waals surface area contributed by atoms with E-state index in [2.05, 4.69) is 89.7 Å². The first-order valence-corrected chi connectivity index (χ1v) is 14.0. The van der Waals surface area contributed by atoms with E-state index in [9.17, 15) is 4.79 Å². The van der Waals surface area contributed by atoms with Gasteiger partial charge in [-0.15, -0.1) is 0 Å². The maximum absolute atomic E-state index is 11.2. The second-order valence-electron chi connectivity index (χ2n) is 10.4. The molecule has 2 rings (SSSR count). The van der Waals surface area contributed by atoms with Gasteiger partial charge in [0.25, 0.3) is 0 Å². The molecule has 1 N–H and O–H groups in total. The zero-order valence-corrected chi connectivity index (χ0v) is 28.0. The number of aryl methyl sites for hydroxylation is 2. The number of carbonyl (C=O) groups is 1. The fourth-order valence-corrected chi connectivity index (χ4v) is 2.87. The van der Waals surface area contributed by atoms with Crippen LogP contribution >= 0.6 is 0 Å². The Bertz CT molecular complexity index is 538. The molecule has 1 aliphatic heterocycles. The number of nitrogens with one attached hydrogen (secondary N) is 1. The first-order valence-electron chi connectivity index (χ1n) is 14.0. The van der Waals surface area contributed by atoms with Gasteiger partial charge in [0.15, 0.2) is 0 Å². The molecule has 4 heteroatoms. The molecule has 1 saturated heterocycles. The number of methoxy groups -OCH3 is 1. The SMILES string of the molecule is CC.CC.CC.CC(C)(C)C.CNCC1(C)CCN(C(C)=O)CC1C.COC.Cc1ccc(C)cc1. The molecule has 1 fully saturated rings. The van der Waals surface area contributed by atoms with Crippen LogP contribution in [0, 0.1) is 30.6 Å². The van der Waals surface area contributed by atoms with E-state index < -0.39 is 0 Å². The molecule has 4 nitrogen and oxygen atoms in total. The van der Waals surface area contributed by atoms with Gasteiger partial charge in [-0.05, 0) is 44.1 Å². The van der Waals surface area contributed by atoms with E-state index in [0.29, 0.717) is 16.7 Å². The number of ether oxygens (including phenoxy) is 1. The number of benzene rings is 1. The summed E-state index contributed by atoms with van der Waals surface area (Å²) < 4.78 is 4.25. The van der Waals surface area contributed by atoms with Gasteiger partial charge in [0.2, 0.25) is 5.91 Å². The van der Waals surface area contributed by atoms with Crippen LogP contribution in [0.15, 0.2) is 24.3 Å². The minimum absolute atomic E-state index is 0.211. The predicted molar refractivity (Wildman–Crippen MR) is 166 cm³/mol. The number of piperidine rings is 1. The van der Waals surface area contributed by atoms with Gasteiger partial charge in [-0.2, -0.15) is 0 Å². The van der Waals surface area contributed by atoms with Crippen LogP contribution < -0.4 is 5.32 Å². The number of likely N-dealkylation sites (tertiary alicyclic amines) is 1. The Morgan fingerprint density at radius 3 is 1.50 bits per heavy atom. The van der Waals surface area contributed by atoms with Crippen molar-refractivity contribution in [1.82, 2.24) is 10.2 Å². The van der Waals surface area contributed by atoms with Crippen molar-refractivity contribution in [3.05, 3.63) is 35.4 Å². The Labute approximate surface area is 229 Å². The average molecular weight is 513 g/mol. The summed E-state index contributed by atoms with van der Waals surface area (Å²) in [7, 11) is 5.25. The lowest BCUT2D eigenvalue weighted by Crippen LogP contribution is -2.50. The van der Waals surface area contributed by atoms with Gasteiger partial charge in [-0.3, -0.25) is 4.79 Å². The number of amides is 1. The van der Waals surface area contributed by atoms with Gasteiger partial charge in [-0.25, -0.2) is 0 Å². The number of nitrogens with zero attached hydrogens (tertiary/aromatic N) is 1. The van der Waals surface area contributed by atoms with Crippen molar-refractivity contribution in [3.8, 4) is 0 Å². The van der Waals surface area contributed by atoms with Crippen molar-refractivity contribution in [1.29, 1.82) is 0 Å². The lowest BCUT2D eigenvalue weighted by atomic mass is 9.72. The summed E-state index contributed by atoms with van der Waals surface area (Å²) in [6, 6.07) is 8.48. The van der Waals surface area contributed by atoms with Crippen LogP contribution in [0.1, 0.15) is 108 Å². The van der Waals surface area contributed by atoms with Crippen LogP contribution in [-0.2, 0) is 9.53 Å². The van der Waals surface area contributed by atoms with Crippen LogP contribution in [-0.4, -0.2) is 51.7 Å². The van der Waals surface area contributed by atoms with Crippen molar-refractivity contribution in [3.63, 3.8) is 0 Å². The van der Waals surface area contributed by atoms with E-state index in [1.807, 2.05) is 53.5 Å². The second-order valence-corrected chi connectivity index (χ2v) is 10.4. The first kappa shape index (κ1) is 44.6.